The van der Waals surface area contributed by atoms with Crippen LogP contribution in [0.3, 0.4) is 0 Å². The molecule has 0 bridgehead atoms. The summed E-state index contributed by atoms with van der Waals surface area (Å²) in [6.45, 7) is 4.99. The Labute approximate surface area is 52.0 Å². The number of rotatable bonds is 3. The topological polar surface area (TPSA) is 26.3 Å². The Bertz CT molecular complexity index is 86.1. The fourth-order valence-electron chi connectivity index (χ4n) is 0.260. The molecule has 4 heteroatoms. The molecule has 0 aromatic rings. The minimum absolute atomic E-state index is 0.0966. The minimum atomic E-state index is -0.210. The lowest BCUT2D eigenvalue weighted by Gasteiger charge is -2.00. The van der Waals surface area contributed by atoms with Gasteiger partial charge in [0.05, 0.1) is 0 Å². The predicted octanol–water partition coefficient (Wildman–Crippen LogP) is 0.976. The van der Waals surface area contributed by atoms with Crippen molar-refractivity contribution in [2.75, 3.05) is 6.66 Å². The van der Waals surface area contributed by atoms with Gasteiger partial charge in [0, 0.05) is 0 Å². The minimum Gasteiger partial charge on any atom is -0.408 e. The zero-order valence-corrected chi connectivity index (χ0v) is 6.39. The van der Waals surface area contributed by atoms with Gasteiger partial charge < -0.3 is 9.24 Å². The normalized spacial score (nSPS) is 10.4. The fraction of sp³-hybridized carbons (Fsp3) is 0.750. The van der Waals surface area contributed by atoms with E-state index in [-0.39, 0.29) is 12.6 Å². The molecule has 0 saturated carbocycles. The Balaban J connectivity index is 3.32. The van der Waals surface area contributed by atoms with Crippen LogP contribution in [-0.2, 0) is 9.24 Å². The maximum absolute atomic E-state index is 10.4. The standard InChI is InChI=1S/C4H10BO2P/c1-4(6)5(2)7-8-3/h8H,1-3H3. The van der Waals surface area contributed by atoms with Gasteiger partial charge in [-0.15, -0.1) is 0 Å². The van der Waals surface area contributed by atoms with Gasteiger partial charge >= 0.3 is 6.92 Å². The average Bonchev–Trinajstić information content (AvgIpc) is 1.67. The molecule has 0 spiro atoms. The summed E-state index contributed by atoms with van der Waals surface area (Å²) in [6, 6.07) is 0. The average molecular weight is 132 g/mol. The van der Waals surface area contributed by atoms with Crippen molar-refractivity contribution in [3.05, 3.63) is 0 Å². The second-order valence-corrected chi connectivity index (χ2v) is 2.22. The molecule has 0 aromatic heterocycles. The maximum atomic E-state index is 10.4. The van der Waals surface area contributed by atoms with Crippen molar-refractivity contribution in [2.45, 2.75) is 13.7 Å². The third-order valence-electron chi connectivity index (χ3n) is 0.867. The molecule has 0 fully saturated rings. The van der Waals surface area contributed by atoms with Gasteiger partial charge in [-0.1, -0.05) is 6.82 Å². The summed E-state index contributed by atoms with van der Waals surface area (Å²) in [4.78, 5) is 10.4. The van der Waals surface area contributed by atoms with E-state index in [1.165, 1.54) is 6.92 Å². The number of hydrogen-bond acceptors (Lipinski definition) is 2. The molecule has 0 aliphatic heterocycles. The third-order valence-corrected chi connectivity index (χ3v) is 1.46. The summed E-state index contributed by atoms with van der Waals surface area (Å²) in [7, 11) is 0.410. The summed E-state index contributed by atoms with van der Waals surface area (Å²) in [5, 5.41) is 0. The molecule has 0 heterocycles. The van der Waals surface area contributed by atoms with Crippen LogP contribution in [0.2, 0.25) is 6.82 Å². The first-order valence-corrected chi connectivity index (χ1v) is 3.92. The van der Waals surface area contributed by atoms with E-state index in [9.17, 15) is 4.79 Å². The molecule has 0 rings (SSSR count). The molecule has 0 amide bonds. The molecule has 0 aliphatic rings. The van der Waals surface area contributed by atoms with Gasteiger partial charge in [0.2, 0.25) is 0 Å². The Kier molecular flexibility index (Phi) is 4.11. The Morgan fingerprint density at radius 1 is 1.75 bits per heavy atom. The lowest BCUT2D eigenvalue weighted by Crippen LogP contribution is -2.19. The monoisotopic (exact) mass is 132 g/mol. The Morgan fingerprint density at radius 2 is 2.25 bits per heavy atom. The second-order valence-electron chi connectivity index (χ2n) is 1.57. The van der Waals surface area contributed by atoms with E-state index in [0.717, 1.165) is 0 Å². The van der Waals surface area contributed by atoms with E-state index < -0.39 is 0 Å². The zero-order chi connectivity index (χ0) is 6.57. The lowest BCUT2D eigenvalue weighted by atomic mass is 9.68. The van der Waals surface area contributed by atoms with E-state index >= 15 is 0 Å². The van der Waals surface area contributed by atoms with Crippen LogP contribution in [-0.4, -0.2) is 19.3 Å². The zero-order valence-electron chi connectivity index (χ0n) is 5.39. The van der Waals surface area contributed by atoms with Crippen LogP contribution in [0.4, 0.5) is 0 Å². The van der Waals surface area contributed by atoms with Crippen molar-refractivity contribution in [3.8, 4) is 0 Å². The molecule has 0 aliphatic carbocycles. The molecular weight excluding hydrogens is 122 g/mol. The molecule has 0 aromatic carbocycles. The molecular formula is C4H10BO2P. The van der Waals surface area contributed by atoms with Crippen LogP contribution < -0.4 is 0 Å². The number of carbonyl (C=O) groups is 1. The highest BCUT2D eigenvalue weighted by Crippen LogP contribution is 2.06. The summed E-state index contributed by atoms with van der Waals surface area (Å²) < 4.78 is 4.98. The first kappa shape index (κ1) is 8.12. The summed E-state index contributed by atoms with van der Waals surface area (Å²) in [6.07, 6.45) is 0. The van der Waals surface area contributed by atoms with Crippen molar-refractivity contribution in [2.24, 2.45) is 0 Å². The van der Waals surface area contributed by atoms with Gasteiger partial charge in [0.1, 0.15) is 5.68 Å². The Hall–Kier alpha value is 0.125. The molecule has 2 nitrogen and oxygen atoms in total. The van der Waals surface area contributed by atoms with Gasteiger partial charge in [0.25, 0.3) is 0 Å². The highest BCUT2D eigenvalue weighted by molar-refractivity contribution is 7.34. The van der Waals surface area contributed by atoms with E-state index in [1.54, 1.807) is 6.82 Å². The van der Waals surface area contributed by atoms with Crippen molar-refractivity contribution in [3.63, 3.8) is 0 Å². The van der Waals surface area contributed by atoms with Crippen LogP contribution in [0.15, 0.2) is 0 Å². The molecule has 1 atom stereocenters. The summed E-state index contributed by atoms with van der Waals surface area (Å²) in [5.74, 6) is 0. The van der Waals surface area contributed by atoms with Crippen molar-refractivity contribution in [1.29, 1.82) is 0 Å². The maximum Gasteiger partial charge on any atom is 0.368 e. The van der Waals surface area contributed by atoms with Crippen LogP contribution in [0.1, 0.15) is 6.92 Å². The highest BCUT2D eigenvalue weighted by atomic mass is 31.1. The molecule has 1 unspecified atom stereocenters. The smallest absolute Gasteiger partial charge is 0.368 e. The predicted molar refractivity (Wildman–Crippen MR) is 37.6 cm³/mol. The van der Waals surface area contributed by atoms with Gasteiger partial charge in [-0.2, -0.15) is 0 Å². The number of carbonyl (C=O) groups excluding carboxylic acids is 1. The molecule has 0 radical (unpaired) electrons. The van der Waals surface area contributed by atoms with Gasteiger partial charge in [-0.05, 0) is 22.4 Å². The van der Waals surface area contributed by atoms with E-state index in [1.807, 2.05) is 6.66 Å². The van der Waals surface area contributed by atoms with Gasteiger partial charge in [-0.3, -0.25) is 0 Å². The van der Waals surface area contributed by atoms with Crippen molar-refractivity contribution >= 4 is 21.4 Å². The summed E-state index contributed by atoms with van der Waals surface area (Å²) >= 11 is 0. The van der Waals surface area contributed by atoms with Crippen LogP contribution in [0.5, 0.6) is 0 Å². The highest BCUT2D eigenvalue weighted by Gasteiger charge is 2.12. The van der Waals surface area contributed by atoms with E-state index in [2.05, 4.69) is 0 Å². The van der Waals surface area contributed by atoms with Crippen LogP contribution in [0.25, 0.3) is 0 Å². The lowest BCUT2D eigenvalue weighted by molar-refractivity contribution is -0.111. The Morgan fingerprint density at radius 3 is 2.38 bits per heavy atom. The van der Waals surface area contributed by atoms with Crippen molar-refractivity contribution in [1.82, 2.24) is 0 Å². The van der Waals surface area contributed by atoms with Gasteiger partial charge in [-0.25, -0.2) is 0 Å². The molecule has 0 saturated heterocycles. The second kappa shape index (κ2) is 4.05. The fourth-order valence-corrected chi connectivity index (χ4v) is 0.779. The van der Waals surface area contributed by atoms with E-state index in [0.29, 0.717) is 8.81 Å². The largest absolute Gasteiger partial charge is 0.408 e. The van der Waals surface area contributed by atoms with Crippen molar-refractivity contribution < 1.29 is 9.24 Å². The van der Waals surface area contributed by atoms with Gasteiger partial charge in [0.15, 0.2) is 0 Å². The summed E-state index contributed by atoms with van der Waals surface area (Å²) in [5.41, 5.74) is 0.0966. The molecule has 8 heavy (non-hydrogen) atoms. The SMILES string of the molecule is CPOB(C)C(C)=O. The quantitative estimate of drug-likeness (QED) is 0.422. The molecule has 0 N–H and O–H groups in total. The van der Waals surface area contributed by atoms with Crippen LogP contribution in [0, 0.1) is 0 Å². The third kappa shape index (κ3) is 3.17. The first-order valence-electron chi connectivity index (χ1n) is 2.51. The first-order chi connectivity index (χ1) is 3.68. The van der Waals surface area contributed by atoms with Crippen LogP contribution >= 0.6 is 8.81 Å². The number of hydrogen-bond donors (Lipinski definition) is 0. The van der Waals surface area contributed by atoms with E-state index in [4.69, 9.17) is 4.44 Å². The molecule has 46 valence electrons.